The molecule has 0 saturated carbocycles. The van der Waals surface area contributed by atoms with Crippen LogP contribution in [0.3, 0.4) is 0 Å². The zero-order valence-electron chi connectivity index (χ0n) is 8.48. The summed E-state index contributed by atoms with van der Waals surface area (Å²) in [7, 11) is 0. The van der Waals surface area contributed by atoms with Crippen molar-refractivity contribution in [3.8, 4) is 0 Å². The fourth-order valence-corrected chi connectivity index (χ4v) is 2.06. The highest BCUT2D eigenvalue weighted by Gasteiger charge is 2.13. The summed E-state index contributed by atoms with van der Waals surface area (Å²) in [4.78, 5) is 0. The monoisotopic (exact) mass is 233 g/mol. The van der Waals surface area contributed by atoms with Crippen molar-refractivity contribution in [2.24, 2.45) is 0 Å². The molecule has 82 valence electrons. The Kier molecular flexibility index (Phi) is 3.34. The lowest BCUT2D eigenvalue weighted by molar-refractivity contribution is 0.564. The summed E-state index contributed by atoms with van der Waals surface area (Å²) >= 11 is -2.07. The first-order valence-corrected chi connectivity index (χ1v) is 5.86. The molecular weight excluding hydrogens is 222 g/mol. The van der Waals surface area contributed by atoms with Gasteiger partial charge in [-0.05, 0) is 24.3 Å². The standard InChI is InChI=1S/C12H11NO2S/c14-16(15)13(11-7-3-1-4-8-11)12-9-5-2-6-10-12/h1-10H,(H,14,15). The molecule has 0 bridgehead atoms. The molecule has 16 heavy (non-hydrogen) atoms. The molecule has 0 aliphatic heterocycles. The number of benzene rings is 2. The van der Waals surface area contributed by atoms with Crippen LogP contribution in [0.5, 0.6) is 0 Å². The Labute approximate surface area is 96.8 Å². The Hall–Kier alpha value is -1.65. The second-order valence-corrected chi connectivity index (χ2v) is 4.02. The number of anilines is 2. The topological polar surface area (TPSA) is 40.5 Å². The molecule has 2 aromatic carbocycles. The normalized spacial score (nSPS) is 12.1. The summed E-state index contributed by atoms with van der Waals surface area (Å²) in [5, 5.41) is 0. The highest BCUT2D eigenvalue weighted by Crippen LogP contribution is 2.25. The molecule has 0 aromatic heterocycles. The van der Waals surface area contributed by atoms with Crippen LogP contribution in [0, 0.1) is 0 Å². The fraction of sp³-hybridized carbons (Fsp3) is 0. The molecule has 1 N–H and O–H groups in total. The zero-order valence-corrected chi connectivity index (χ0v) is 9.30. The first-order chi connectivity index (χ1) is 7.79. The Morgan fingerprint density at radius 2 is 1.19 bits per heavy atom. The predicted octanol–water partition coefficient (Wildman–Crippen LogP) is 2.96. The van der Waals surface area contributed by atoms with Crippen molar-refractivity contribution in [1.29, 1.82) is 0 Å². The molecular formula is C12H11NO2S. The second kappa shape index (κ2) is 4.92. The maximum Gasteiger partial charge on any atom is 0.266 e. The van der Waals surface area contributed by atoms with Gasteiger partial charge in [0.2, 0.25) is 0 Å². The van der Waals surface area contributed by atoms with Gasteiger partial charge in [-0.3, -0.25) is 4.55 Å². The Balaban J connectivity index is 2.44. The van der Waals surface area contributed by atoms with Crippen LogP contribution in [0.4, 0.5) is 11.4 Å². The Bertz CT molecular complexity index is 433. The molecule has 1 unspecified atom stereocenters. The van der Waals surface area contributed by atoms with E-state index in [4.69, 9.17) is 0 Å². The van der Waals surface area contributed by atoms with Gasteiger partial charge in [0.25, 0.3) is 11.3 Å². The van der Waals surface area contributed by atoms with Crippen LogP contribution in [0.25, 0.3) is 0 Å². The lowest BCUT2D eigenvalue weighted by atomic mass is 10.3. The third-order valence-electron chi connectivity index (χ3n) is 2.14. The smallest absolute Gasteiger partial charge is 0.266 e. The number of hydrogen-bond acceptors (Lipinski definition) is 1. The van der Waals surface area contributed by atoms with Gasteiger partial charge in [-0.25, -0.2) is 8.51 Å². The average Bonchev–Trinajstić information content (AvgIpc) is 2.31. The highest BCUT2D eigenvalue weighted by molar-refractivity contribution is 7.81. The van der Waals surface area contributed by atoms with Crippen molar-refractivity contribution >= 4 is 22.6 Å². The van der Waals surface area contributed by atoms with E-state index in [1.807, 2.05) is 36.4 Å². The van der Waals surface area contributed by atoms with E-state index in [-0.39, 0.29) is 0 Å². The van der Waals surface area contributed by atoms with E-state index in [1.165, 1.54) is 4.31 Å². The van der Waals surface area contributed by atoms with Gasteiger partial charge in [0.1, 0.15) is 0 Å². The van der Waals surface area contributed by atoms with Crippen LogP contribution in [0.2, 0.25) is 0 Å². The summed E-state index contributed by atoms with van der Waals surface area (Å²) in [5.74, 6) is 0. The summed E-state index contributed by atoms with van der Waals surface area (Å²) in [6, 6.07) is 18.2. The summed E-state index contributed by atoms with van der Waals surface area (Å²) in [6.45, 7) is 0. The third-order valence-corrected chi connectivity index (χ3v) is 2.87. The maximum absolute atomic E-state index is 11.3. The molecule has 0 aliphatic carbocycles. The predicted molar refractivity (Wildman–Crippen MR) is 65.8 cm³/mol. The minimum Gasteiger partial charge on any atom is -0.289 e. The van der Waals surface area contributed by atoms with Gasteiger partial charge in [-0.2, -0.15) is 0 Å². The lowest BCUT2D eigenvalue weighted by Crippen LogP contribution is -2.18. The van der Waals surface area contributed by atoms with Gasteiger partial charge < -0.3 is 0 Å². The van der Waals surface area contributed by atoms with Crippen molar-refractivity contribution in [2.45, 2.75) is 0 Å². The van der Waals surface area contributed by atoms with E-state index in [2.05, 4.69) is 0 Å². The fourth-order valence-electron chi connectivity index (χ4n) is 1.46. The number of nitrogens with zero attached hydrogens (tertiary/aromatic N) is 1. The molecule has 0 saturated heterocycles. The molecule has 0 aliphatic rings. The van der Waals surface area contributed by atoms with E-state index in [0.29, 0.717) is 11.4 Å². The van der Waals surface area contributed by atoms with Crippen LogP contribution in [-0.2, 0) is 11.3 Å². The average molecular weight is 233 g/mol. The molecule has 0 amide bonds. The Morgan fingerprint density at radius 3 is 1.50 bits per heavy atom. The molecule has 0 heterocycles. The number of rotatable bonds is 3. The Morgan fingerprint density at radius 1 is 0.812 bits per heavy atom. The van der Waals surface area contributed by atoms with Crippen LogP contribution < -0.4 is 4.31 Å². The van der Waals surface area contributed by atoms with Gasteiger partial charge >= 0.3 is 0 Å². The van der Waals surface area contributed by atoms with E-state index in [1.54, 1.807) is 24.3 Å². The van der Waals surface area contributed by atoms with Gasteiger partial charge in [-0.15, -0.1) is 0 Å². The largest absolute Gasteiger partial charge is 0.289 e. The SMILES string of the molecule is O=S(O)N(c1ccccc1)c1ccccc1. The maximum atomic E-state index is 11.3. The van der Waals surface area contributed by atoms with Gasteiger partial charge in [-0.1, -0.05) is 36.4 Å². The van der Waals surface area contributed by atoms with Crippen molar-refractivity contribution in [1.82, 2.24) is 0 Å². The quantitative estimate of drug-likeness (QED) is 0.828. The van der Waals surface area contributed by atoms with Crippen LogP contribution in [-0.4, -0.2) is 8.76 Å². The molecule has 1 atom stereocenters. The minimum atomic E-state index is -2.07. The lowest BCUT2D eigenvalue weighted by Gasteiger charge is -2.19. The first kappa shape index (κ1) is 10.9. The zero-order chi connectivity index (χ0) is 11.4. The van der Waals surface area contributed by atoms with Crippen molar-refractivity contribution < 1.29 is 8.76 Å². The second-order valence-electron chi connectivity index (χ2n) is 3.20. The van der Waals surface area contributed by atoms with Gasteiger partial charge in [0.15, 0.2) is 0 Å². The van der Waals surface area contributed by atoms with Crippen molar-refractivity contribution in [3.63, 3.8) is 0 Å². The molecule has 2 rings (SSSR count). The van der Waals surface area contributed by atoms with Crippen molar-refractivity contribution in [3.05, 3.63) is 60.7 Å². The number of para-hydroxylation sites is 2. The highest BCUT2D eigenvalue weighted by atomic mass is 32.2. The van der Waals surface area contributed by atoms with Crippen LogP contribution in [0.1, 0.15) is 0 Å². The van der Waals surface area contributed by atoms with Crippen molar-refractivity contribution in [2.75, 3.05) is 4.31 Å². The molecule has 2 aromatic rings. The van der Waals surface area contributed by atoms with E-state index >= 15 is 0 Å². The molecule has 4 heteroatoms. The molecule has 0 fully saturated rings. The molecule has 3 nitrogen and oxygen atoms in total. The summed E-state index contributed by atoms with van der Waals surface area (Å²) in [5.41, 5.74) is 1.38. The molecule has 0 radical (unpaired) electrons. The minimum absolute atomic E-state index is 0.689. The number of hydrogen-bond donors (Lipinski definition) is 1. The van der Waals surface area contributed by atoms with Crippen LogP contribution in [0.15, 0.2) is 60.7 Å². The summed E-state index contributed by atoms with van der Waals surface area (Å²) < 4.78 is 22.0. The van der Waals surface area contributed by atoms with E-state index < -0.39 is 11.3 Å². The van der Waals surface area contributed by atoms with Gasteiger partial charge in [0, 0.05) is 0 Å². The van der Waals surface area contributed by atoms with Crippen LogP contribution >= 0.6 is 0 Å². The molecule has 0 spiro atoms. The summed E-state index contributed by atoms with van der Waals surface area (Å²) in [6.07, 6.45) is 0. The first-order valence-electron chi connectivity index (χ1n) is 4.80. The van der Waals surface area contributed by atoms with E-state index in [0.717, 1.165) is 0 Å². The third kappa shape index (κ3) is 2.29. The van der Waals surface area contributed by atoms with E-state index in [9.17, 15) is 8.76 Å². The van der Waals surface area contributed by atoms with Gasteiger partial charge in [0.05, 0.1) is 11.4 Å².